The highest BCUT2D eigenvalue weighted by Crippen LogP contribution is 2.11. The molecule has 0 saturated carbocycles. The molecule has 0 aromatic rings. The van der Waals surface area contributed by atoms with E-state index in [0.717, 1.165) is 19.3 Å². The summed E-state index contributed by atoms with van der Waals surface area (Å²) in [6.45, 7) is 4.53. The topological polar surface area (TPSA) is 78.9 Å². The monoisotopic (exact) mass is 358 g/mol. The van der Waals surface area contributed by atoms with E-state index in [1.54, 1.807) is 0 Å². The van der Waals surface area contributed by atoms with Crippen LogP contribution in [-0.4, -0.2) is 37.2 Å². The molecule has 6 nitrogen and oxygen atoms in total. The number of unbranched alkanes of at least 4 members (excludes halogenated alkanes) is 8. The highest BCUT2D eigenvalue weighted by atomic mass is 16.6. The fourth-order valence-corrected chi connectivity index (χ4v) is 2.40. The van der Waals surface area contributed by atoms with Crippen molar-refractivity contribution in [2.45, 2.75) is 91.1 Å². The Morgan fingerprint density at radius 3 is 1.76 bits per heavy atom. The van der Waals surface area contributed by atoms with E-state index < -0.39 is 18.0 Å². The van der Waals surface area contributed by atoms with Crippen molar-refractivity contribution in [2.75, 3.05) is 13.2 Å². The fraction of sp³-hybridized carbons (Fsp3) is 0.842. The Bertz CT molecular complexity index is 380. The molecular formula is C19H34O6. The molecule has 146 valence electrons. The van der Waals surface area contributed by atoms with E-state index in [9.17, 15) is 14.4 Å². The molecule has 0 aromatic carbocycles. The molecule has 6 heteroatoms. The van der Waals surface area contributed by atoms with E-state index in [0.29, 0.717) is 6.42 Å². The molecule has 0 spiro atoms. The van der Waals surface area contributed by atoms with Gasteiger partial charge in [0.1, 0.15) is 13.2 Å². The maximum atomic E-state index is 11.7. The summed E-state index contributed by atoms with van der Waals surface area (Å²) in [5, 5.41) is 0. The predicted molar refractivity (Wildman–Crippen MR) is 95.0 cm³/mol. The van der Waals surface area contributed by atoms with Crippen LogP contribution >= 0.6 is 0 Å². The van der Waals surface area contributed by atoms with Gasteiger partial charge in [0.25, 0.3) is 0 Å². The number of rotatable bonds is 15. The minimum Gasteiger partial charge on any atom is -0.462 e. The molecule has 25 heavy (non-hydrogen) atoms. The van der Waals surface area contributed by atoms with Crippen LogP contribution < -0.4 is 0 Å². The molecule has 0 aromatic heterocycles. The highest BCUT2D eigenvalue weighted by molar-refractivity contribution is 5.69. The molecular weight excluding hydrogens is 324 g/mol. The Kier molecular flexibility index (Phi) is 14.9. The van der Waals surface area contributed by atoms with Gasteiger partial charge in [-0.1, -0.05) is 58.3 Å². The van der Waals surface area contributed by atoms with Crippen molar-refractivity contribution >= 4 is 17.9 Å². The third-order valence-corrected chi connectivity index (χ3v) is 3.72. The second-order valence-electron chi connectivity index (χ2n) is 6.30. The van der Waals surface area contributed by atoms with Gasteiger partial charge in [0.15, 0.2) is 6.10 Å². The molecule has 0 aliphatic carbocycles. The Morgan fingerprint density at radius 2 is 1.24 bits per heavy atom. The smallest absolute Gasteiger partial charge is 0.305 e. The molecule has 0 rings (SSSR count). The molecule has 1 atom stereocenters. The van der Waals surface area contributed by atoms with Gasteiger partial charge in [-0.3, -0.25) is 14.4 Å². The van der Waals surface area contributed by atoms with Gasteiger partial charge in [0, 0.05) is 20.3 Å². The maximum Gasteiger partial charge on any atom is 0.305 e. The first-order valence-electron chi connectivity index (χ1n) is 9.41. The summed E-state index contributed by atoms with van der Waals surface area (Å²) in [4.78, 5) is 33.5. The summed E-state index contributed by atoms with van der Waals surface area (Å²) >= 11 is 0. The maximum absolute atomic E-state index is 11.7. The highest BCUT2D eigenvalue weighted by Gasteiger charge is 2.16. The third-order valence-electron chi connectivity index (χ3n) is 3.72. The van der Waals surface area contributed by atoms with Gasteiger partial charge >= 0.3 is 17.9 Å². The van der Waals surface area contributed by atoms with E-state index in [-0.39, 0.29) is 19.2 Å². The number of hydrogen-bond acceptors (Lipinski definition) is 6. The van der Waals surface area contributed by atoms with E-state index in [1.807, 2.05) is 0 Å². The average Bonchev–Trinajstić information content (AvgIpc) is 2.55. The summed E-state index contributed by atoms with van der Waals surface area (Å²) in [7, 11) is 0. The molecule has 0 heterocycles. The fourth-order valence-electron chi connectivity index (χ4n) is 2.40. The summed E-state index contributed by atoms with van der Waals surface area (Å²) in [6.07, 6.45) is 10.3. The summed E-state index contributed by atoms with van der Waals surface area (Å²) in [5.41, 5.74) is 0. The summed E-state index contributed by atoms with van der Waals surface area (Å²) in [6, 6.07) is 0. The van der Waals surface area contributed by atoms with Crippen molar-refractivity contribution in [3.05, 3.63) is 0 Å². The van der Waals surface area contributed by atoms with Crippen LogP contribution in [0.15, 0.2) is 0 Å². The van der Waals surface area contributed by atoms with Crippen LogP contribution in [0.25, 0.3) is 0 Å². The molecule has 0 aliphatic rings. The second kappa shape index (κ2) is 15.9. The van der Waals surface area contributed by atoms with Gasteiger partial charge in [0.05, 0.1) is 0 Å². The Balaban J connectivity index is 3.70. The molecule has 0 N–H and O–H groups in total. The van der Waals surface area contributed by atoms with Gasteiger partial charge < -0.3 is 14.2 Å². The molecule has 0 saturated heterocycles. The SMILES string of the molecule is CCCCCCCCCCCC(=O)OC[C@@H](COC(C)=O)OC(C)=O. The summed E-state index contributed by atoms with van der Waals surface area (Å²) in [5.74, 6) is -1.30. The first kappa shape index (κ1) is 23.4. The van der Waals surface area contributed by atoms with Crippen molar-refractivity contribution in [3.63, 3.8) is 0 Å². The van der Waals surface area contributed by atoms with Crippen molar-refractivity contribution in [1.82, 2.24) is 0 Å². The van der Waals surface area contributed by atoms with Gasteiger partial charge in [0.2, 0.25) is 0 Å². The van der Waals surface area contributed by atoms with E-state index in [4.69, 9.17) is 14.2 Å². The van der Waals surface area contributed by atoms with Crippen LogP contribution in [0.4, 0.5) is 0 Å². The zero-order valence-corrected chi connectivity index (χ0v) is 16.0. The van der Waals surface area contributed by atoms with Crippen LogP contribution in [0.5, 0.6) is 0 Å². The molecule has 0 radical (unpaired) electrons. The normalized spacial score (nSPS) is 11.6. The zero-order chi connectivity index (χ0) is 18.9. The Morgan fingerprint density at radius 1 is 0.720 bits per heavy atom. The van der Waals surface area contributed by atoms with Crippen LogP contribution in [0.3, 0.4) is 0 Å². The minimum absolute atomic E-state index is 0.0941. The lowest BCUT2D eigenvalue weighted by Crippen LogP contribution is -2.29. The van der Waals surface area contributed by atoms with Gasteiger partial charge in [-0.2, -0.15) is 0 Å². The van der Waals surface area contributed by atoms with Crippen LogP contribution in [0.2, 0.25) is 0 Å². The molecule has 0 aliphatic heterocycles. The number of carbonyl (C=O) groups excluding carboxylic acids is 3. The van der Waals surface area contributed by atoms with Crippen LogP contribution in [0.1, 0.15) is 85.0 Å². The number of ether oxygens (including phenoxy) is 3. The molecule has 0 amide bonds. The quantitative estimate of drug-likeness (QED) is 0.251. The predicted octanol–water partition coefficient (Wildman–Crippen LogP) is 3.95. The average molecular weight is 358 g/mol. The number of hydrogen-bond donors (Lipinski definition) is 0. The first-order chi connectivity index (χ1) is 12.0. The lowest BCUT2D eigenvalue weighted by Gasteiger charge is -2.16. The molecule has 0 unspecified atom stereocenters. The lowest BCUT2D eigenvalue weighted by atomic mass is 10.1. The molecule has 0 fully saturated rings. The van der Waals surface area contributed by atoms with Crippen molar-refractivity contribution in [2.24, 2.45) is 0 Å². The first-order valence-corrected chi connectivity index (χ1v) is 9.41. The van der Waals surface area contributed by atoms with Crippen molar-refractivity contribution in [3.8, 4) is 0 Å². The van der Waals surface area contributed by atoms with Gasteiger partial charge in [-0.25, -0.2) is 0 Å². The van der Waals surface area contributed by atoms with E-state index in [1.165, 1.54) is 52.4 Å². The Labute approximate surface area is 151 Å². The van der Waals surface area contributed by atoms with Crippen LogP contribution in [-0.2, 0) is 28.6 Å². The summed E-state index contributed by atoms with van der Waals surface area (Å²) < 4.78 is 14.8. The second-order valence-corrected chi connectivity index (χ2v) is 6.30. The van der Waals surface area contributed by atoms with Crippen molar-refractivity contribution < 1.29 is 28.6 Å². The zero-order valence-electron chi connectivity index (χ0n) is 16.0. The largest absolute Gasteiger partial charge is 0.462 e. The van der Waals surface area contributed by atoms with Crippen LogP contribution in [0, 0.1) is 0 Å². The van der Waals surface area contributed by atoms with Gasteiger partial charge in [-0.15, -0.1) is 0 Å². The standard InChI is InChI=1S/C19H34O6/c1-4-5-6-7-8-9-10-11-12-13-19(22)24-15-18(25-17(3)21)14-23-16(2)20/h18H,4-15H2,1-3H3/t18-/m1/s1. The minimum atomic E-state index is -0.756. The van der Waals surface area contributed by atoms with Gasteiger partial charge in [-0.05, 0) is 6.42 Å². The number of carbonyl (C=O) groups is 3. The lowest BCUT2D eigenvalue weighted by molar-refractivity contribution is -0.164. The van der Waals surface area contributed by atoms with E-state index in [2.05, 4.69) is 6.92 Å². The van der Waals surface area contributed by atoms with Crippen molar-refractivity contribution in [1.29, 1.82) is 0 Å². The van der Waals surface area contributed by atoms with E-state index >= 15 is 0 Å². The third kappa shape index (κ3) is 17.0. The molecule has 0 bridgehead atoms. The number of esters is 3. The Hall–Kier alpha value is -1.59.